The number of methoxy groups -OCH3 is 1. The summed E-state index contributed by atoms with van der Waals surface area (Å²) in [6, 6.07) is 32.5. The average Bonchev–Trinajstić information content (AvgIpc) is 1.64. The molecular weight excluding hydrogens is 1670 g/mol. The number of aromatic nitrogens is 9. The SMILES string of the molecule is C=C(O)CC(c1ccc(COC(C)C)nc1)C1CCOC1.CC(C)CCNc1cccc(C(C)(C)C)n1.CC(C)CCNc1ccn(C2CC2)n1.CC(C)OCc1ccc(C(C)CC(=O)O)cn1.CC(C)OCc1ccc(C2CC2C(=O)O)cn1.CC(C)OCc1ccc(CC(C)(C)C(=O)O)cn1.COC(=O)CCc1ccc(COC(C)C)nc1.Cc1ccc(COC(C)C)nc1. The van der Waals surface area contributed by atoms with Crippen molar-refractivity contribution in [3.05, 3.63) is 226 Å². The molecule has 5 atom stereocenters. The number of rotatable bonds is 42. The Bertz CT molecular complexity index is 4450. The zero-order valence-electron chi connectivity index (χ0n) is 83.6. The van der Waals surface area contributed by atoms with E-state index in [1.165, 1.54) is 38.4 Å². The second-order valence-electron chi connectivity index (χ2n) is 38.1. The number of nitrogens with zero attached hydrogens (tertiary/aromatic N) is 9. The van der Waals surface area contributed by atoms with Crippen molar-refractivity contribution in [2.24, 2.45) is 29.1 Å². The number of esters is 1. The zero-order valence-corrected chi connectivity index (χ0v) is 83.6. The van der Waals surface area contributed by atoms with Gasteiger partial charge in [0.25, 0.3) is 0 Å². The molecule has 27 nitrogen and oxygen atoms in total. The van der Waals surface area contributed by atoms with Gasteiger partial charge in [-0.05, 0) is 273 Å². The van der Waals surface area contributed by atoms with E-state index in [0.29, 0.717) is 77.3 Å². The Hall–Kier alpha value is -10.0. The van der Waals surface area contributed by atoms with E-state index >= 15 is 0 Å². The normalized spacial score (nSPS) is 14.8. The van der Waals surface area contributed by atoms with Crippen LogP contribution in [0.5, 0.6) is 0 Å². The molecule has 2 aliphatic carbocycles. The van der Waals surface area contributed by atoms with Crippen molar-refractivity contribution >= 4 is 35.5 Å². The van der Waals surface area contributed by atoms with Crippen molar-refractivity contribution in [2.45, 2.75) is 335 Å². The molecule has 0 radical (unpaired) electrons. The number of hydrogen-bond donors (Lipinski definition) is 6. The summed E-state index contributed by atoms with van der Waals surface area (Å²) in [7, 11) is 1.40. The fourth-order valence-electron chi connectivity index (χ4n) is 12.5. The van der Waals surface area contributed by atoms with Crippen LogP contribution in [0.4, 0.5) is 11.6 Å². The van der Waals surface area contributed by atoms with Crippen LogP contribution in [-0.4, -0.2) is 159 Å². The maximum absolute atomic E-state index is 11.0. The molecular formula is C105H159N11O16. The van der Waals surface area contributed by atoms with Gasteiger partial charge in [0.2, 0.25) is 0 Å². The Morgan fingerprint density at radius 1 is 0.523 bits per heavy atom. The molecule has 1 saturated heterocycles. The molecule has 1 aliphatic heterocycles. The number of carbonyl (C=O) groups excluding carboxylic acids is 1. The number of aliphatic hydroxyl groups excluding tert-OH is 1. The van der Waals surface area contributed by atoms with Crippen molar-refractivity contribution in [1.29, 1.82) is 0 Å². The van der Waals surface area contributed by atoms with Gasteiger partial charge in [0, 0.05) is 93.1 Å². The number of pyridine rings is 7. The Labute approximate surface area is 788 Å². The molecule has 27 heteroatoms. The summed E-state index contributed by atoms with van der Waals surface area (Å²) in [5, 5.41) is 47.4. The third-order valence-corrected chi connectivity index (χ3v) is 20.9. The minimum absolute atomic E-state index is 0.0138. The summed E-state index contributed by atoms with van der Waals surface area (Å²) >= 11 is 0. The second kappa shape index (κ2) is 61.0. The maximum Gasteiger partial charge on any atom is 0.309 e. The van der Waals surface area contributed by atoms with E-state index in [4.69, 9.17) is 48.5 Å². The predicted octanol–water partition coefficient (Wildman–Crippen LogP) is 22.0. The Balaban J connectivity index is 0.000000317. The van der Waals surface area contributed by atoms with Crippen LogP contribution in [0.1, 0.15) is 307 Å². The van der Waals surface area contributed by atoms with Gasteiger partial charge < -0.3 is 69.0 Å². The highest BCUT2D eigenvalue weighted by Crippen LogP contribution is 2.47. The van der Waals surface area contributed by atoms with E-state index < -0.39 is 23.3 Å². The summed E-state index contributed by atoms with van der Waals surface area (Å²) in [6.07, 6.45) is 23.0. The Morgan fingerprint density at radius 2 is 0.977 bits per heavy atom. The van der Waals surface area contributed by atoms with Gasteiger partial charge in [-0.3, -0.25) is 53.8 Å². The van der Waals surface area contributed by atoms with Crippen molar-refractivity contribution in [3.8, 4) is 0 Å². The van der Waals surface area contributed by atoms with E-state index in [-0.39, 0.29) is 83.9 Å². The lowest BCUT2D eigenvalue weighted by Gasteiger charge is -2.22. The largest absolute Gasteiger partial charge is 0.513 e. The molecule has 0 amide bonds. The quantitative estimate of drug-likeness (QED) is 0.0153. The van der Waals surface area contributed by atoms with Crippen molar-refractivity contribution in [2.75, 3.05) is 44.0 Å². The standard InChI is InChI=1S/C17H25NO3.C14H24N2.C14H21NO3.C13H17NO3.2C13H19NO3.C11H19N3.C10H15NO/c1-12(2)21-11-16-5-4-14(9-18-16)17(8-13(3)19)15-6-7-20-10-15;1-11(2)9-10-15-13-8-6-7-12(16-13)14(3,4)5;1-10(2)18-9-12-6-5-11(8-15-12)7-14(3,4)13(16)17;1-8(2)17-7-10-4-3-9(6-14-10)11-5-12(11)13(15)16;1-10(2)17-9-12-6-4-11(8-14-12)5-7-13(15)16-3;1-9(2)17-8-12-5-4-11(7-14-12)10(3)6-13(15)16;1-9(2)5-7-12-11-6-8-14(13-11)10-3-4-10;1-8(2)12-7-10-5-4-9(3)6-11-10/h4-5,9,12,15,17,19H,3,6-8,10-11H2,1-2H3;6-8,11H,9-10H2,1-5H3,(H,15,16);5-6,8,10H,7,9H2,1-4H3,(H,16,17);3-4,6,8,11-12H,5,7H2,1-2H3,(H,15,16);4,6,8,10H,5,7,9H2,1-3H3;4-5,7,9-10H,6,8H2,1-3H3,(H,15,16);6,8-10H,3-5,7H2,1-2H3,(H,12,13);4-6,8H,7H2,1-3H3. The highest BCUT2D eigenvalue weighted by molar-refractivity contribution is 5.75. The van der Waals surface area contributed by atoms with Crippen LogP contribution in [0.15, 0.2) is 153 Å². The number of aryl methyl sites for hydroxylation is 2. The first-order valence-corrected chi connectivity index (χ1v) is 46.9. The Morgan fingerprint density at radius 3 is 1.35 bits per heavy atom. The number of anilines is 2. The number of carboxylic acids is 3. The highest BCUT2D eigenvalue weighted by atomic mass is 16.5. The van der Waals surface area contributed by atoms with Gasteiger partial charge in [0.15, 0.2) is 0 Å². The van der Waals surface area contributed by atoms with Gasteiger partial charge in [-0.1, -0.05) is 104 Å². The van der Waals surface area contributed by atoms with Crippen LogP contribution in [0.3, 0.4) is 0 Å². The molecule has 8 aromatic heterocycles. The summed E-state index contributed by atoms with van der Waals surface area (Å²) in [4.78, 5) is 73.8. The molecule has 6 N–H and O–H groups in total. The van der Waals surface area contributed by atoms with Crippen LogP contribution >= 0.6 is 0 Å². The molecule has 3 aliphatic rings. The molecule has 11 rings (SSSR count). The van der Waals surface area contributed by atoms with Gasteiger partial charge in [-0.15, -0.1) is 0 Å². The number of aliphatic carboxylic acids is 3. The first-order valence-electron chi connectivity index (χ1n) is 46.9. The van der Waals surface area contributed by atoms with Crippen LogP contribution in [0.2, 0.25) is 0 Å². The van der Waals surface area contributed by atoms with Gasteiger partial charge in [-0.25, -0.2) is 4.98 Å². The van der Waals surface area contributed by atoms with Crippen molar-refractivity contribution in [3.63, 3.8) is 0 Å². The molecule has 132 heavy (non-hydrogen) atoms. The van der Waals surface area contributed by atoms with Gasteiger partial charge in [0.1, 0.15) is 11.6 Å². The third-order valence-electron chi connectivity index (χ3n) is 20.9. The maximum atomic E-state index is 11.0. The van der Waals surface area contributed by atoms with Crippen LogP contribution in [0, 0.1) is 36.0 Å². The molecule has 0 spiro atoms. The minimum atomic E-state index is -0.797. The molecule has 0 bridgehead atoms. The van der Waals surface area contributed by atoms with E-state index in [1.807, 2.05) is 182 Å². The van der Waals surface area contributed by atoms with Crippen LogP contribution < -0.4 is 10.6 Å². The predicted molar refractivity (Wildman–Crippen MR) is 522 cm³/mol. The summed E-state index contributed by atoms with van der Waals surface area (Å²) in [5.74, 6) is 1.82. The molecule has 730 valence electrons. The lowest BCUT2D eigenvalue weighted by Crippen LogP contribution is -2.26. The number of hydrogen-bond acceptors (Lipinski definition) is 23. The van der Waals surface area contributed by atoms with E-state index in [0.717, 1.165) is 130 Å². The van der Waals surface area contributed by atoms with E-state index in [9.17, 15) is 24.3 Å². The number of allylic oxidation sites excluding steroid dienone is 1. The van der Waals surface area contributed by atoms with Gasteiger partial charge in [-0.2, -0.15) is 5.10 Å². The first kappa shape index (κ1) is 114. The number of carbonyl (C=O) groups is 4. The summed E-state index contributed by atoms with van der Waals surface area (Å²) < 4.78 is 44.9. The smallest absolute Gasteiger partial charge is 0.309 e. The molecule has 9 heterocycles. The zero-order chi connectivity index (χ0) is 98.0. The number of nitrogens with one attached hydrogen (secondary N) is 2. The first-order chi connectivity index (χ1) is 62.4. The van der Waals surface area contributed by atoms with Crippen molar-refractivity contribution < 1.29 is 77.5 Å². The average molecular weight is 1830 g/mol. The molecule has 8 aromatic rings. The number of ether oxygens (including phenoxy) is 8. The third kappa shape index (κ3) is 50.7. The van der Waals surface area contributed by atoms with Gasteiger partial charge >= 0.3 is 23.9 Å². The lowest BCUT2D eigenvalue weighted by atomic mass is 9.83. The van der Waals surface area contributed by atoms with Crippen LogP contribution in [-0.2, 0) is 115 Å². The van der Waals surface area contributed by atoms with E-state index in [2.05, 4.69) is 146 Å². The Kier molecular flexibility index (Phi) is 52.8. The number of carboxylic acid groups (broad SMARTS) is 3. The second-order valence-corrected chi connectivity index (χ2v) is 38.1. The minimum Gasteiger partial charge on any atom is -0.513 e. The van der Waals surface area contributed by atoms with Crippen LogP contribution in [0.25, 0.3) is 0 Å². The van der Waals surface area contributed by atoms with Crippen molar-refractivity contribution in [1.82, 2.24) is 44.7 Å². The highest BCUT2D eigenvalue weighted by Gasteiger charge is 2.44. The molecule has 5 unspecified atom stereocenters. The topological polar surface area (TPSA) is 355 Å². The molecule has 2 saturated carbocycles. The molecule has 0 aromatic carbocycles. The fourth-order valence-corrected chi connectivity index (χ4v) is 12.5. The fraction of sp³-hybridized carbons (Fsp3) is 0.581. The lowest BCUT2D eigenvalue weighted by molar-refractivity contribution is -0.147. The summed E-state index contributed by atoms with van der Waals surface area (Å²) in [5.41, 5.74) is 12.2. The number of aliphatic hydroxyl groups is 1. The monoisotopic (exact) mass is 1830 g/mol. The molecule has 3 fully saturated rings. The van der Waals surface area contributed by atoms with E-state index in [1.54, 1.807) is 38.6 Å². The summed E-state index contributed by atoms with van der Waals surface area (Å²) in [6.45, 7) is 57.1. The van der Waals surface area contributed by atoms with Gasteiger partial charge in [0.05, 0.1) is 154 Å².